The summed E-state index contributed by atoms with van der Waals surface area (Å²) in [7, 11) is 0. The second-order valence-corrected chi connectivity index (χ2v) is 5.63. The number of unbranched alkanes of at least 4 members (excludes halogenated alkanes) is 1. The van der Waals surface area contributed by atoms with Gasteiger partial charge in [0.25, 0.3) is 0 Å². The zero-order valence-corrected chi connectivity index (χ0v) is 13.6. The number of hydrogen-bond acceptors (Lipinski definition) is 3. The quantitative estimate of drug-likeness (QED) is 0.739. The minimum Gasteiger partial charge on any atom is -0.491 e. The first kappa shape index (κ1) is 16.8. The molecular formula is C14H21BrClNO2. The maximum atomic E-state index is 9.02. The van der Waals surface area contributed by atoms with Crippen LogP contribution in [0, 0.1) is 0 Å². The first-order valence-electron chi connectivity index (χ1n) is 6.58. The van der Waals surface area contributed by atoms with Crippen molar-refractivity contribution in [2.45, 2.75) is 19.8 Å². The lowest BCUT2D eigenvalue weighted by molar-refractivity contribution is 0.166. The smallest absolute Gasteiger partial charge is 0.133 e. The molecule has 0 aliphatic carbocycles. The van der Waals surface area contributed by atoms with Crippen molar-refractivity contribution in [3.63, 3.8) is 0 Å². The Hall–Kier alpha value is -0.290. The second kappa shape index (κ2) is 9.59. The van der Waals surface area contributed by atoms with Crippen LogP contribution in [-0.2, 0) is 0 Å². The van der Waals surface area contributed by atoms with Gasteiger partial charge in [0, 0.05) is 18.1 Å². The van der Waals surface area contributed by atoms with Gasteiger partial charge in [0.2, 0.25) is 0 Å². The third kappa shape index (κ3) is 6.61. The number of aliphatic hydroxyl groups is 1. The summed E-state index contributed by atoms with van der Waals surface area (Å²) in [6, 6.07) is 5.48. The van der Waals surface area contributed by atoms with Crippen molar-refractivity contribution in [1.82, 2.24) is 4.90 Å². The molecule has 0 spiro atoms. The van der Waals surface area contributed by atoms with Crippen molar-refractivity contribution >= 4 is 27.5 Å². The van der Waals surface area contributed by atoms with Gasteiger partial charge in [-0.3, -0.25) is 4.90 Å². The molecule has 3 nitrogen and oxygen atoms in total. The van der Waals surface area contributed by atoms with E-state index < -0.39 is 0 Å². The zero-order chi connectivity index (χ0) is 14.1. The van der Waals surface area contributed by atoms with Crippen LogP contribution >= 0.6 is 27.5 Å². The molecule has 0 unspecified atom stereocenters. The average Bonchev–Trinajstić information content (AvgIpc) is 2.38. The van der Waals surface area contributed by atoms with Crippen molar-refractivity contribution < 1.29 is 9.84 Å². The first-order chi connectivity index (χ1) is 9.17. The van der Waals surface area contributed by atoms with Gasteiger partial charge in [0.05, 0.1) is 11.1 Å². The Kier molecular flexibility index (Phi) is 8.46. The van der Waals surface area contributed by atoms with E-state index in [9.17, 15) is 0 Å². The lowest BCUT2D eigenvalue weighted by atomic mass is 10.3. The molecule has 108 valence electrons. The lowest BCUT2D eigenvalue weighted by Gasteiger charge is -2.21. The van der Waals surface area contributed by atoms with E-state index in [0.717, 1.165) is 36.2 Å². The molecule has 1 aromatic carbocycles. The van der Waals surface area contributed by atoms with Crippen LogP contribution in [0.3, 0.4) is 0 Å². The van der Waals surface area contributed by atoms with Gasteiger partial charge in [-0.2, -0.15) is 0 Å². The summed E-state index contributed by atoms with van der Waals surface area (Å²) in [5.41, 5.74) is 0. The maximum Gasteiger partial charge on any atom is 0.133 e. The van der Waals surface area contributed by atoms with Crippen LogP contribution in [-0.4, -0.2) is 42.9 Å². The predicted octanol–water partition coefficient (Wildman–Crippen LogP) is 3.58. The summed E-state index contributed by atoms with van der Waals surface area (Å²) >= 11 is 9.30. The molecule has 1 N–H and O–H groups in total. The second-order valence-electron chi connectivity index (χ2n) is 4.34. The summed E-state index contributed by atoms with van der Waals surface area (Å²) in [5, 5.41) is 9.71. The van der Waals surface area contributed by atoms with Gasteiger partial charge in [-0.1, -0.05) is 24.9 Å². The van der Waals surface area contributed by atoms with Crippen LogP contribution in [0.25, 0.3) is 0 Å². The Bertz CT molecular complexity index is 376. The molecule has 0 saturated heterocycles. The number of hydrogen-bond donors (Lipinski definition) is 1. The summed E-state index contributed by atoms with van der Waals surface area (Å²) in [6.07, 6.45) is 2.30. The van der Waals surface area contributed by atoms with Gasteiger partial charge in [-0.05, 0) is 47.1 Å². The van der Waals surface area contributed by atoms with Crippen LogP contribution in [0.15, 0.2) is 22.7 Å². The zero-order valence-electron chi connectivity index (χ0n) is 11.2. The molecule has 0 bridgehead atoms. The SMILES string of the molecule is CCCCN(CCO)CCOc1ccc(Cl)cc1Br. The van der Waals surface area contributed by atoms with Crippen molar-refractivity contribution in [3.05, 3.63) is 27.7 Å². The van der Waals surface area contributed by atoms with Crippen LogP contribution in [0.2, 0.25) is 5.02 Å². The fraction of sp³-hybridized carbons (Fsp3) is 0.571. The van der Waals surface area contributed by atoms with Gasteiger partial charge in [-0.25, -0.2) is 0 Å². The summed E-state index contributed by atoms with van der Waals surface area (Å²) < 4.78 is 6.58. The molecule has 0 radical (unpaired) electrons. The van der Waals surface area contributed by atoms with Crippen LogP contribution in [0.5, 0.6) is 5.75 Å². The van der Waals surface area contributed by atoms with Crippen molar-refractivity contribution in [2.24, 2.45) is 0 Å². The molecule has 0 aliphatic rings. The van der Waals surface area contributed by atoms with E-state index in [1.807, 2.05) is 18.2 Å². The van der Waals surface area contributed by atoms with Crippen molar-refractivity contribution in [2.75, 3.05) is 32.8 Å². The van der Waals surface area contributed by atoms with Crippen molar-refractivity contribution in [3.8, 4) is 5.75 Å². The molecule has 0 heterocycles. The molecule has 1 rings (SSSR count). The highest BCUT2D eigenvalue weighted by molar-refractivity contribution is 9.10. The van der Waals surface area contributed by atoms with Gasteiger partial charge in [0.1, 0.15) is 12.4 Å². The predicted molar refractivity (Wildman–Crippen MR) is 83.1 cm³/mol. The van der Waals surface area contributed by atoms with Crippen LogP contribution in [0.1, 0.15) is 19.8 Å². The van der Waals surface area contributed by atoms with Crippen LogP contribution in [0.4, 0.5) is 0 Å². The fourth-order valence-corrected chi connectivity index (χ4v) is 2.53. The fourth-order valence-electron chi connectivity index (χ4n) is 1.74. The number of halogens is 2. The molecular weight excluding hydrogens is 330 g/mol. The molecule has 0 aromatic heterocycles. The van der Waals surface area contributed by atoms with E-state index in [-0.39, 0.29) is 6.61 Å². The Morgan fingerprint density at radius 2 is 2.11 bits per heavy atom. The van der Waals surface area contributed by atoms with Gasteiger partial charge >= 0.3 is 0 Å². The standard InChI is InChI=1S/C14H21BrClNO2/c1-2-3-6-17(7-9-18)8-10-19-14-5-4-12(16)11-13(14)15/h4-5,11,18H,2-3,6-10H2,1H3. The van der Waals surface area contributed by atoms with E-state index >= 15 is 0 Å². The molecule has 0 fully saturated rings. The molecule has 0 amide bonds. The Morgan fingerprint density at radius 3 is 2.74 bits per heavy atom. The monoisotopic (exact) mass is 349 g/mol. The Morgan fingerprint density at radius 1 is 1.32 bits per heavy atom. The molecule has 0 atom stereocenters. The lowest BCUT2D eigenvalue weighted by Crippen LogP contribution is -2.32. The molecule has 0 aliphatic heterocycles. The van der Waals surface area contributed by atoms with Gasteiger partial charge in [-0.15, -0.1) is 0 Å². The van der Waals surface area contributed by atoms with Gasteiger partial charge in [0.15, 0.2) is 0 Å². The minimum atomic E-state index is 0.189. The molecule has 1 aromatic rings. The molecule has 5 heteroatoms. The van der Waals surface area contributed by atoms with E-state index in [1.165, 1.54) is 0 Å². The third-order valence-corrected chi connectivity index (χ3v) is 3.66. The highest BCUT2D eigenvalue weighted by atomic mass is 79.9. The van der Waals surface area contributed by atoms with Crippen molar-refractivity contribution in [1.29, 1.82) is 0 Å². The normalized spacial score (nSPS) is 11.0. The number of aliphatic hydroxyl groups excluding tert-OH is 1. The highest BCUT2D eigenvalue weighted by Crippen LogP contribution is 2.27. The van der Waals surface area contributed by atoms with E-state index in [1.54, 1.807) is 0 Å². The van der Waals surface area contributed by atoms with Crippen LogP contribution < -0.4 is 4.74 Å². The number of rotatable bonds is 9. The first-order valence-corrected chi connectivity index (χ1v) is 7.75. The average molecular weight is 351 g/mol. The largest absolute Gasteiger partial charge is 0.491 e. The summed E-state index contributed by atoms with van der Waals surface area (Å²) in [5.74, 6) is 0.795. The summed E-state index contributed by atoms with van der Waals surface area (Å²) in [6.45, 7) is 5.47. The Balaban J connectivity index is 2.38. The van der Waals surface area contributed by atoms with E-state index in [4.69, 9.17) is 21.4 Å². The highest BCUT2D eigenvalue weighted by Gasteiger charge is 2.06. The Labute approximate surface area is 128 Å². The topological polar surface area (TPSA) is 32.7 Å². The minimum absolute atomic E-state index is 0.189. The van der Waals surface area contributed by atoms with E-state index in [0.29, 0.717) is 18.2 Å². The number of nitrogens with zero attached hydrogens (tertiary/aromatic N) is 1. The van der Waals surface area contributed by atoms with E-state index in [2.05, 4.69) is 27.8 Å². The van der Waals surface area contributed by atoms with Gasteiger partial charge < -0.3 is 9.84 Å². The third-order valence-electron chi connectivity index (χ3n) is 2.80. The number of benzene rings is 1. The molecule has 0 saturated carbocycles. The molecule has 19 heavy (non-hydrogen) atoms. The summed E-state index contributed by atoms with van der Waals surface area (Å²) in [4.78, 5) is 2.22. The maximum absolute atomic E-state index is 9.02. The number of ether oxygens (including phenoxy) is 1.